The molecule has 1 aromatic heterocycles. The molecule has 0 N–H and O–H groups in total. The normalized spacial score (nSPS) is 17.5. The molecule has 1 atom stereocenters. The number of aromatic nitrogens is 2. The Labute approximate surface area is 147 Å². The molecule has 0 bridgehead atoms. The predicted octanol–water partition coefficient (Wildman–Crippen LogP) is 6.09. The van der Waals surface area contributed by atoms with E-state index in [4.69, 9.17) is 4.98 Å². The predicted molar refractivity (Wildman–Crippen MR) is 107 cm³/mol. The zero-order valence-corrected chi connectivity index (χ0v) is 14.5. The lowest BCUT2D eigenvalue weighted by molar-refractivity contribution is 0.734. The van der Waals surface area contributed by atoms with Gasteiger partial charge in [-0.3, -0.25) is 4.57 Å². The monoisotopic (exact) mass is 324 g/mol. The Bertz CT molecular complexity index is 1190. The van der Waals surface area contributed by atoms with E-state index in [9.17, 15) is 0 Å². The van der Waals surface area contributed by atoms with Gasteiger partial charge in [-0.1, -0.05) is 67.6 Å². The van der Waals surface area contributed by atoms with Crippen LogP contribution in [0.5, 0.6) is 0 Å². The lowest BCUT2D eigenvalue weighted by Gasteiger charge is -2.16. The first kappa shape index (κ1) is 14.5. The fourth-order valence-corrected chi connectivity index (χ4v) is 4.02. The molecule has 0 saturated heterocycles. The summed E-state index contributed by atoms with van der Waals surface area (Å²) in [7, 11) is 0. The zero-order chi connectivity index (χ0) is 17.0. The average molecular weight is 324 g/mol. The zero-order valence-electron chi connectivity index (χ0n) is 14.5. The van der Waals surface area contributed by atoms with Crippen LogP contribution in [0.2, 0.25) is 0 Å². The Kier molecular flexibility index (Phi) is 3.08. The Hall–Kier alpha value is -2.87. The van der Waals surface area contributed by atoms with Crippen LogP contribution in [0, 0.1) is 12.8 Å². The first-order chi connectivity index (χ1) is 12.2. The summed E-state index contributed by atoms with van der Waals surface area (Å²) < 4.78 is 2.33. The van der Waals surface area contributed by atoms with E-state index in [2.05, 4.69) is 85.2 Å². The standard InChI is InChI=1S/C23H20N2/c1-15-11-13-17(14-12-15)25-16(2)24-22-20-9-5-3-7-18(20)19-8-4-6-10-21(19)23(22)25/h3-11,13-15H,12H2,1-2H3. The molecule has 25 heavy (non-hydrogen) atoms. The number of allylic oxidation sites excluding steroid dienone is 4. The summed E-state index contributed by atoms with van der Waals surface area (Å²) >= 11 is 0. The van der Waals surface area contributed by atoms with Gasteiger partial charge in [0.2, 0.25) is 0 Å². The fraction of sp³-hybridized carbons (Fsp3) is 0.174. The van der Waals surface area contributed by atoms with E-state index in [0.29, 0.717) is 5.92 Å². The molecular weight excluding hydrogens is 304 g/mol. The maximum Gasteiger partial charge on any atom is 0.111 e. The van der Waals surface area contributed by atoms with Gasteiger partial charge in [-0.2, -0.15) is 0 Å². The lowest BCUT2D eigenvalue weighted by atomic mass is 9.99. The van der Waals surface area contributed by atoms with Crippen molar-refractivity contribution in [1.29, 1.82) is 0 Å². The molecule has 2 nitrogen and oxygen atoms in total. The van der Waals surface area contributed by atoms with Crippen LogP contribution in [0.15, 0.2) is 66.8 Å². The van der Waals surface area contributed by atoms with E-state index in [0.717, 1.165) is 17.8 Å². The fourth-order valence-electron chi connectivity index (χ4n) is 4.02. The van der Waals surface area contributed by atoms with Crippen LogP contribution in [0.4, 0.5) is 0 Å². The third-order valence-corrected chi connectivity index (χ3v) is 5.25. The SMILES string of the molecule is Cc1nc2c3ccccc3c3ccccc3c2n1C1=CCC(C)C=C1. The van der Waals surface area contributed by atoms with Crippen molar-refractivity contribution in [2.75, 3.05) is 0 Å². The van der Waals surface area contributed by atoms with Crippen LogP contribution >= 0.6 is 0 Å². The molecule has 1 aliphatic rings. The van der Waals surface area contributed by atoms with Crippen LogP contribution < -0.4 is 0 Å². The number of benzene rings is 3. The second-order valence-electron chi connectivity index (χ2n) is 6.98. The number of fused-ring (bicyclic) bond motifs is 6. The summed E-state index contributed by atoms with van der Waals surface area (Å²) in [5, 5.41) is 5.06. The van der Waals surface area contributed by atoms with E-state index >= 15 is 0 Å². The van der Waals surface area contributed by atoms with Crippen molar-refractivity contribution in [2.45, 2.75) is 20.3 Å². The Morgan fingerprint density at radius 3 is 2.24 bits per heavy atom. The molecule has 3 aromatic carbocycles. The van der Waals surface area contributed by atoms with Crippen molar-refractivity contribution < 1.29 is 0 Å². The first-order valence-corrected chi connectivity index (χ1v) is 8.91. The van der Waals surface area contributed by atoms with Crippen molar-refractivity contribution in [3.05, 3.63) is 72.6 Å². The van der Waals surface area contributed by atoms with Crippen LogP contribution in [0.3, 0.4) is 0 Å². The van der Waals surface area contributed by atoms with Gasteiger partial charge in [0.1, 0.15) is 5.82 Å². The third kappa shape index (κ3) is 2.07. The molecule has 0 aliphatic heterocycles. The van der Waals surface area contributed by atoms with E-state index < -0.39 is 0 Å². The maximum absolute atomic E-state index is 4.97. The van der Waals surface area contributed by atoms with E-state index in [-0.39, 0.29) is 0 Å². The molecule has 1 unspecified atom stereocenters. The van der Waals surface area contributed by atoms with Crippen molar-refractivity contribution in [3.8, 4) is 0 Å². The molecular formula is C23H20N2. The summed E-state index contributed by atoms with van der Waals surface area (Å²) in [5.41, 5.74) is 3.55. The van der Waals surface area contributed by atoms with E-state index in [1.165, 1.54) is 32.8 Å². The van der Waals surface area contributed by atoms with Gasteiger partial charge in [0.05, 0.1) is 11.0 Å². The summed E-state index contributed by atoms with van der Waals surface area (Å²) in [4.78, 5) is 4.97. The number of hydrogen-bond acceptors (Lipinski definition) is 1. The highest BCUT2D eigenvalue weighted by molar-refractivity contribution is 6.23. The molecule has 122 valence electrons. The van der Waals surface area contributed by atoms with Gasteiger partial charge in [-0.25, -0.2) is 4.98 Å². The molecule has 0 saturated carbocycles. The maximum atomic E-state index is 4.97. The number of hydrogen-bond donors (Lipinski definition) is 0. The largest absolute Gasteiger partial charge is 0.296 e. The molecule has 0 spiro atoms. The second kappa shape index (κ2) is 5.32. The molecule has 4 aromatic rings. The minimum Gasteiger partial charge on any atom is -0.296 e. The molecule has 2 heteroatoms. The Balaban J connectivity index is 1.98. The van der Waals surface area contributed by atoms with Crippen molar-refractivity contribution in [2.24, 2.45) is 5.92 Å². The van der Waals surface area contributed by atoms with Crippen LogP contribution in [0.1, 0.15) is 19.2 Å². The van der Waals surface area contributed by atoms with Gasteiger partial charge in [0, 0.05) is 16.5 Å². The third-order valence-electron chi connectivity index (χ3n) is 5.25. The molecule has 0 radical (unpaired) electrons. The smallest absolute Gasteiger partial charge is 0.111 e. The summed E-state index contributed by atoms with van der Waals surface area (Å²) in [6.45, 7) is 4.36. The quantitative estimate of drug-likeness (QED) is 0.387. The van der Waals surface area contributed by atoms with Crippen molar-refractivity contribution in [3.63, 3.8) is 0 Å². The van der Waals surface area contributed by atoms with Gasteiger partial charge in [-0.15, -0.1) is 0 Å². The molecule has 1 aliphatic carbocycles. The summed E-state index contributed by atoms with van der Waals surface area (Å²) in [5.74, 6) is 1.65. The van der Waals surface area contributed by atoms with Gasteiger partial charge >= 0.3 is 0 Å². The molecule has 0 fully saturated rings. The topological polar surface area (TPSA) is 17.8 Å². The van der Waals surface area contributed by atoms with Gasteiger partial charge < -0.3 is 0 Å². The van der Waals surface area contributed by atoms with Crippen LogP contribution in [0.25, 0.3) is 38.3 Å². The van der Waals surface area contributed by atoms with Crippen LogP contribution in [-0.2, 0) is 0 Å². The number of imidazole rings is 1. The minimum absolute atomic E-state index is 0.608. The molecule has 0 amide bonds. The lowest BCUT2D eigenvalue weighted by Crippen LogP contribution is -2.03. The van der Waals surface area contributed by atoms with Crippen molar-refractivity contribution >= 4 is 38.3 Å². The first-order valence-electron chi connectivity index (χ1n) is 8.91. The van der Waals surface area contributed by atoms with Gasteiger partial charge in [0.25, 0.3) is 0 Å². The van der Waals surface area contributed by atoms with Crippen molar-refractivity contribution in [1.82, 2.24) is 9.55 Å². The highest BCUT2D eigenvalue weighted by Crippen LogP contribution is 2.37. The summed E-state index contributed by atoms with van der Waals surface area (Å²) in [6.07, 6.45) is 7.95. The van der Waals surface area contributed by atoms with E-state index in [1.807, 2.05) is 0 Å². The van der Waals surface area contributed by atoms with Gasteiger partial charge in [-0.05, 0) is 36.1 Å². The number of nitrogens with zero attached hydrogens (tertiary/aromatic N) is 2. The number of aryl methyl sites for hydroxylation is 1. The van der Waals surface area contributed by atoms with E-state index in [1.54, 1.807) is 0 Å². The molecule has 5 rings (SSSR count). The summed E-state index contributed by atoms with van der Waals surface area (Å²) in [6, 6.07) is 17.3. The molecule has 1 heterocycles. The van der Waals surface area contributed by atoms with Gasteiger partial charge in [0.15, 0.2) is 0 Å². The average Bonchev–Trinajstić information content (AvgIpc) is 3.00. The highest BCUT2D eigenvalue weighted by Gasteiger charge is 2.18. The van der Waals surface area contributed by atoms with Crippen LogP contribution in [-0.4, -0.2) is 9.55 Å². The number of rotatable bonds is 1. The Morgan fingerprint density at radius 2 is 1.56 bits per heavy atom. The highest BCUT2D eigenvalue weighted by atomic mass is 15.1. The second-order valence-corrected chi connectivity index (χ2v) is 6.98. The Morgan fingerprint density at radius 1 is 0.920 bits per heavy atom. The minimum atomic E-state index is 0.608.